The first-order valence-electron chi connectivity index (χ1n) is 4.39. The molecule has 0 aliphatic rings. The average molecular weight is 188 g/mol. The van der Waals surface area contributed by atoms with Crippen molar-refractivity contribution in [3.05, 3.63) is 46.8 Å². The molecule has 1 aromatic heterocycles. The minimum Gasteiger partial charge on any atom is -0.141 e. The second-order valence-electron chi connectivity index (χ2n) is 3.28. The van der Waals surface area contributed by atoms with Gasteiger partial charge in [-0.15, -0.1) is 11.3 Å². The van der Waals surface area contributed by atoms with Crippen LogP contribution in [0, 0.1) is 13.8 Å². The predicted molar refractivity (Wildman–Crippen MR) is 59.2 cm³/mol. The SMILES string of the molecule is Cc1cccc(-c2ccc(C)s2)c1. The summed E-state index contributed by atoms with van der Waals surface area (Å²) in [6, 6.07) is 13.0. The third-order valence-electron chi connectivity index (χ3n) is 2.04. The van der Waals surface area contributed by atoms with Crippen LogP contribution in [-0.4, -0.2) is 0 Å². The predicted octanol–water partition coefficient (Wildman–Crippen LogP) is 4.03. The first kappa shape index (κ1) is 8.52. The second-order valence-corrected chi connectivity index (χ2v) is 4.57. The summed E-state index contributed by atoms with van der Waals surface area (Å²) in [5, 5.41) is 0. The quantitative estimate of drug-likeness (QED) is 0.633. The van der Waals surface area contributed by atoms with Crippen LogP contribution in [0.1, 0.15) is 10.4 Å². The maximum Gasteiger partial charge on any atom is 0.0345 e. The van der Waals surface area contributed by atoms with Gasteiger partial charge in [0, 0.05) is 9.75 Å². The largest absolute Gasteiger partial charge is 0.141 e. The van der Waals surface area contributed by atoms with Gasteiger partial charge >= 0.3 is 0 Å². The summed E-state index contributed by atoms with van der Waals surface area (Å²) in [7, 11) is 0. The van der Waals surface area contributed by atoms with Gasteiger partial charge in [0.2, 0.25) is 0 Å². The van der Waals surface area contributed by atoms with Crippen molar-refractivity contribution < 1.29 is 0 Å². The van der Waals surface area contributed by atoms with Gasteiger partial charge < -0.3 is 0 Å². The molecule has 0 bridgehead atoms. The Morgan fingerprint density at radius 2 is 1.85 bits per heavy atom. The third kappa shape index (κ3) is 1.81. The molecular formula is C12H12S. The lowest BCUT2D eigenvalue weighted by molar-refractivity contribution is 1.48. The minimum atomic E-state index is 1.32. The average Bonchev–Trinajstić information content (AvgIpc) is 2.52. The monoisotopic (exact) mass is 188 g/mol. The molecule has 13 heavy (non-hydrogen) atoms. The van der Waals surface area contributed by atoms with E-state index in [0.29, 0.717) is 0 Å². The van der Waals surface area contributed by atoms with Crippen molar-refractivity contribution in [1.82, 2.24) is 0 Å². The molecule has 0 aliphatic heterocycles. The van der Waals surface area contributed by atoms with E-state index in [1.54, 1.807) is 0 Å². The molecule has 2 aromatic rings. The third-order valence-corrected chi connectivity index (χ3v) is 3.09. The summed E-state index contributed by atoms with van der Waals surface area (Å²) < 4.78 is 0. The molecule has 2 rings (SSSR count). The second kappa shape index (κ2) is 3.35. The molecule has 0 unspecified atom stereocenters. The van der Waals surface area contributed by atoms with Crippen LogP contribution in [0.15, 0.2) is 36.4 Å². The van der Waals surface area contributed by atoms with Crippen molar-refractivity contribution in [2.45, 2.75) is 13.8 Å². The number of hydrogen-bond acceptors (Lipinski definition) is 1. The van der Waals surface area contributed by atoms with Gasteiger partial charge in [-0.05, 0) is 31.5 Å². The van der Waals surface area contributed by atoms with Crippen molar-refractivity contribution in [1.29, 1.82) is 0 Å². The molecule has 0 saturated heterocycles. The van der Waals surface area contributed by atoms with E-state index in [2.05, 4.69) is 50.2 Å². The van der Waals surface area contributed by atoms with Crippen LogP contribution in [0.5, 0.6) is 0 Å². The molecule has 0 N–H and O–H groups in total. The molecule has 0 spiro atoms. The zero-order valence-electron chi connectivity index (χ0n) is 7.87. The van der Waals surface area contributed by atoms with E-state index in [0.717, 1.165) is 0 Å². The summed E-state index contributed by atoms with van der Waals surface area (Å²) in [6.07, 6.45) is 0. The number of aryl methyl sites for hydroxylation is 2. The van der Waals surface area contributed by atoms with E-state index in [4.69, 9.17) is 0 Å². The summed E-state index contributed by atoms with van der Waals surface area (Å²) in [6.45, 7) is 4.27. The maximum absolute atomic E-state index is 2.23. The number of benzene rings is 1. The lowest BCUT2D eigenvalue weighted by atomic mass is 10.1. The lowest BCUT2D eigenvalue weighted by Gasteiger charge is -1.97. The Hall–Kier alpha value is -1.08. The molecule has 0 radical (unpaired) electrons. The van der Waals surface area contributed by atoms with Crippen LogP contribution in [0.3, 0.4) is 0 Å². The number of rotatable bonds is 1. The van der Waals surface area contributed by atoms with Crippen LogP contribution < -0.4 is 0 Å². The lowest BCUT2D eigenvalue weighted by Crippen LogP contribution is -1.73. The van der Waals surface area contributed by atoms with Crippen LogP contribution in [0.2, 0.25) is 0 Å². The fourth-order valence-corrected chi connectivity index (χ4v) is 2.25. The summed E-state index contributed by atoms with van der Waals surface area (Å²) in [5.74, 6) is 0. The molecule has 1 heterocycles. The van der Waals surface area contributed by atoms with Crippen LogP contribution >= 0.6 is 11.3 Å². The minimum absolute atomic E-state index is 1.32. The maximum atomic E-state index is 2.23. The van der Waals surface area contributed by atoms with Crippen LogP contribution in [-0.2, 0) is 0 Å². The van der Waals surface area contributed by atoms with Gasteiger partial charge in [-0.1, -0.05) is 29.8 Å². The Morgan fingerprint density at radius 1 is 1.00 bits per heavy atom. The Kier molecular flexibility index (Phi) is 2.19. The molecule has 0 nitrogen and oxygen atoms in total. The highest BCUT2D eigenvalue weighted by atomic mass is 32.1. The standard InChI is InChI=1S/C12H12S/c1-9-4-3-5-11(8-9)12-7-6-10(2)13-12/h3-8H,1-2H3. The van der Waals surface area contributed by atoms with Crippen LogP contribution in [0.4, 0.5) is 0 Å². The van der Waals surface area contributed by atoms with E-state index in [1.807, 2.05) is 11.3 Å². The molecular weight excluding hydrogens is 176 g/mol. The molecule has 1 heteroatoms. The molecule has 0 saturated carbocycles. The van der Waals surface area contributed by atoms with Gasteiger partial charge in [-0.25, -0.2) is 0 Å². The Morgan fingerprint density at radius 3 is 2.46 bits per heavy atom. The Balaban J connectivity index is 2.46. The molecule has 1 aromatic carbocycles. The van der Waals surface area contributed by atoms with Gasteiger partial charge in [-0.2, -0.15) is 0 Å². The van der Waals surface area contributed by atoms with Crippen molar-refractivity contribution in [3.8, 4) is 10.4 Å². The molecule has 0 atom stereocenters. The fraction of sp³-hybridized carbons (Fsp3) is 0.167. The van der Waals surface area contributed by atoms with Crippen molar-refractivity contribution >= 4 is 11.3 Å². The zero-order chi connectivity index (χ0) is 9.26. The highest BCUT2D eigenvalue weighted by molar-refractivity contribution is 7.15. The Labute approximate surface area is 82.9 Å². The van der Waals surface area contributed by atoms with Crippen molar-refractivity contribution in [2.75, 3.05) is 0 Å². The van der Waals surface area contributed by atoms with E-state index in [9.17, 15) is 0 Å². The normalized spacial score (nSPS) is 10.3. The number of thiophene rings is 1. The summed E-state index contributed by atoms with van der Waals surface area (Å²) >= 11 is 1.85. The van der Waals surface area contributed by atoms with Crippen molar-refractivity contribution in [2.24, 2.45) is 0 Å². The van der Waals surface area contributed by atoms with Crippen molar-refractivity contribution in [3.63, 3.8) is 0 Å². The summed E-state index contributed by atoms with van der Waals surface area (Å²) in [4.78, 5) is 2.73. The highest BCUT2D eigenvalue weighted by Crippen LogP contribution is 2.27. The van der Waals surface area contributed by atoms with Gasteiger partial charge in [0.25, 0.3) is 0 Å². The van der Waals surface area contributed by atoms with Gasteiger partial charge in [0.05, 0.1) is 0 Å². The first-order valence-corrected chi connectivity index (χ1v) is 5.21. The summed E-state index contributed by atoms with van der Waals surface area (Å²) in [5.41, 5.74) is 2.65. The van der Waals surface area contributed by atoms with E-state index in [-0.39, 0.29) is 0 Å². The topological polar surface area (TPSA) is 0 Å². The van der Waals surface area contributed by atoms with Gasteiger partial charge in [0.15, 0.2) is 0 Å². The van der Waals surface area contributed by atoms with Gasteiger partial charge in [0.1, 0.15) is 0 Å². The van der Waals surface area contributed by atoms with Gasteiger partial charge in [-0.3, -0.25) is 0 Å². The fourth-order valence-electron chi connectivity index (χ4n) is 1.39. The molecule has 0 fully saturated rings. The smallest absolute Gasteiger partial charge is 0.0345 e. The van der Waals surface area contributed by atoms with E-state index >= 15 is 0 Å². The highest BCUT2D eigenvalue weighted by Gasteiger charge is 1.99. The molecule has 0 aliphatic carbocycles. The zero-order valence-corrected chi connectivity index (χ0v) is 8.69. The molecule has 66 valence electrons. The molecule has 0 amide bonds. The van der Waals surface area contributed by atoms with Crippen LogP contribution in [0.25, 0.3) is 10.4 Å². The first-order chi connectivity index (χ1) is 6.25. The number of hydrogen-bond donors (Lipinski definition) is 0. The van der Waals surface area contributed by atoms with E-state index < -0.39 is 0 Å². The van der Waals surface area contributed by atoms with E-state index in [1.165, 1.54) is 20.9 Å². The Bertz CT molecular complexity index is 413.